The van der Waals surface area contributed by atoms with Crippen molar-refractivity contribution in [1.29, 1.82) is 0 Å². The number of phenols is 1. The van der Waals surface area contributed by atoms with Crippen LogP contribution in [0.15, 0.2) is 12.1 Å². The second-order valence-electron chi connectivity index (χ2n) is 3.55. The molecule has 0 amide bonds. The Morgan fingerprint density at radius 3 is 2.54 bits per heavy atom. The summed E-state index contributed by atoms with van der Waals surface area (Å²) >= 11 is 0. The standard InChI is InChI=1S/C9H11FN2O/c10-5-3-6(9(12)1-2-9)8(13)7(11)4-5/h3-4,13H,1-2,11-12H2. The van der Waals surface area contributed by atoms with Crippen LogP contribution in [0.3, 0.4) is 0 Å². The molecule has 0 saturated heterocycles. The van der Waals surface area contributed by atoms with Crippen LogP contribution >= 0.6 is 0 Å². The van der Waals surface area contributed by atoms with Crippen LogP contribution in [0.25, 0.3) is 0 Å². The lowest BCUT2D eigenvalue weighted by Gasteiger charge is -2.12. The van der Waals surface area contributed by atoms with Gasteiger partial charge in [0.05, 0.1) is 5.69 Å². The van der Waals surface area contributed by atoms with Gasteiger partial charge in [0.25, 0.3) is 0 Å². The van der Waals surface area contributed by atoms with Crippen molar-refractivity contribution in [1.82, 2.24) is 0 Å². The van der Waals surface area contributed by atoms with Crippen molar-refractivity contribution >= 4 is 5.69 Å². The third-order valence-electron chi connectivity index (χ3n) is 2.43. The summed E-state index contributed by atoms with van der Waals surface area (Å²) in [5.74, 6) is -0.538. The second-order valence-corrected chi connectivity index (χ2v) is 3.55. The van der Waals surface area contributed by atoms with E-state index < -0.39 is 11.4 Å². The summed E-state index contributed by atoms with van der Waals surface area (Å²) in [6, 6.07) is 2.34. The first-order valence-electron chi connectivity index (χ1n) is 4.10. The molecule has 0 heterocycles. The van der Waals surface area contributed by atoms with E-state index >= 15 is 0 Å². The van der Waals surface area contributed by atoms with Crippen LogP contribution in [-0.2, 0) is 5.54 Å². The van der Waals surface area contributed by atoms with Crippen molar-refractivity contribution in [3.63, 3.8) is 0 Å². The molecule has 2 rings (SSSR count). The Kier molecular flexibility index (Phi) is 1.51. The summed E-state index contributed by atoms with van der Waals surface area (Å²) in [6.07, 6.45) is 1.53. The number of phenolic OH excluding ortho intramolecular Hbond substituents is 1. The molecule has 1 aliphatic carbocycles. The van der Waals surface area contributed by atoms with Crippen LogP contribution in [-0.4, -0.2) is 5.11 Å². The normalized spacial score (nSPS) is 18.6. The van der Waals surface area contributed by atoms with Gasteiger partial charge in [-0.25, -0.2) is 4.39 Å². The Morgan fingerprint density at radius 1 is 1.38 bits per heavy atom. The summed E-state index contributed by atoms with van der Waals surface area (Å²) in [5.41, 5.74) is 11.1. The van der Waals surface area contributed by atoms with Gasteiger partial charge in [0.15, 0.2) is 0 Å². The van der Waals surface area contributed by atoms with E-state index in [0.29, 0.717) is 5.56 Å². The van der Waals surface area contributed by atoms with Crippen LogP contribution in [0, 0.1) is 5.82 Å². The fraction of sp³-hybridized carbons (Fsp3) is 0.333. The monoisotopic (exact) mass is 182 g/mol. The van der Waals surface area contributed by atoms with Crippen molar-refractivity contribution in [3.05, 3.63) is 23.5 Å². The highest BCUT2D eigenvalue weighted by molar-refractivity contribution is 5.59. The lowest BCUT2D eigenvalue weighted by atomic mass is 10.0. The summed E-state index contributed by atoms with van der Waals surface area (Å²) in [7, 11) is 0. The largest absolute Gasteiger partial charge is 0.505 e. The Labute approximate surface area is 75.2 Å². The molecule has 1 aromatic rings. The average molecular weight is 182 g/mol. The zero-order valence-corrected chi connectivity index (χ0v) is 7.05. The topological polar surface area (TPSA) is 72.3 Å². The van der Waals surface area contributed by atoms with E-state index in [9.17, 15) is 9.50 Å². The van der Waals surface area contributed by atoms with Crippen LogP contribution < -0.4 is 11.5 Å². The fourth-order valence-corrected chi connectivity index (χ4v) is 1.40. The number of halogens is 1. The van der Waals surface area contributed by atoms with Gasteiger partial charge in [-0.3, -0.25) is 0 Å². The maximum atomic E-state index is 12.9. The van der Waals surface area contributed by atoms with Crippen LogP contribution in [0.2, 0.25) is 0 Å². The number of benzene rings is 1. The molecule has 3 nitrogen and oxygen atoms in total. The Bertz CT molecular complexity index is 361. The minimum absolute atomic E-state index is 0.0479. The third-order valence-corrected chi connectivity index (χ3v) is 2.43. The summed E-state index contributed by atoms with van der Waals surface area (Å²) in [4.78, 5) is 0. The number of aromatic hydroxyl groups is 1. The lowest BCUT2D eigenvalue weighted by molar-refractivity contribution is 0.459. The lowest BCUT2D eigenvalue weighted by Crippen LogP contribution is -2.19. The summed E-state index contributed by atoms with van der Waals surface area (Å²) in [6.45, 7) is 0. The molecule has 0 radical (unpaired) electrons. The molecule has 0 aromatic heterocycles. The van der Waals surface area contributed by atoms with E-state index in [1.165, 1.54) is 6.07 Å². The fourth-order valence-electron chi connectivity index (χ4n) is 1.40. The molecule has 5 N–H and O–H groups in total. The number of hydrogen-bond acceptors (Lipinski definition) is 3. The maximum Gasteiger partial charge on any atom is 0.143 e. The van der Waals surface area contributed by atoms with Gasteiger partial charge in [0.2, 0.25) is 0 Å². The van der Waals surface area contributed by atoms with Gasteiger partial charge in [0, 0.05) is 17.2 Å². The number of rotatable bonds is 1. The molecule has 0 aliphatic heterocycles. The molecule has 13 heavy (non-hydrogen) atoms. The van der Waals surface area contributed by atoms with Gasteiger partial charge < -0.3 is 16.6 Å². The average Bonchev–Trinajstić information content (AvgIpc) is 2.77. The van der Waals surface area contributed by atoms with E-state index in [4.69, 9.17) is 11.5 Å². The van der Waals surface area contributed by atoms with Crippen LogP contribution in [0.1, 0.15) is 18.4 Å². The van der Waals surface area contributed by atoms with Crippen molar-refractivity contribution in [2.24, 2.45) is 5.73 Å². The second kappa shape index (κ2) is 2.35. The van der Waals surface area contributed by atoms with E-state index in [1.54, 1.807) is 0 Å². The molecular weight excluding hydrogens is 171 g/mol. The van der Waals surface area contributed by atoms with E-state index in [-0.39, 0.29) is 11.4 Å². The first-order chi connectivity index (χ1) is 6.03. The van der Waals surface area contributed by atoms with Crippen molar-refractivity contribution in [2.75, 3.05) is 5.73 Å². The number of nitrogen functional groups attached to an aromatic ring is 1. The SMILES string of the molecule is Nc1cc(F)cc(C2(N)CC2)c1O. The molecule has 0 atom stereocenters. The smallest absolute Gasteiger partial charge is 0.143 e. The van der Waals surface area contributed by atoms with Gasteiger partial charge >= 0.3 is 0 Å². The Balaban J connectivity index is 2.56. The van der Waals surface area contributed by atoms with Gasteiger partial charge in [-0.2, -0.15) is 0 Å². The third kappa shape index (κ3) is 1.23. The van der Waals surface area contributed by atoms with Crippen molar-refractivity contribution in [3.8, 4) is 5.75 Å². The molecule has 70 valence electrons. The zero-order chi connectivity index (χ0) is 9.64. The van der Waals surface area contributed by atoms with Crippen LogP contribution in [0.5, 0.6) is 5.75 Å². The van der Waals surface area contributed by atoms with E-state index in [2.05, 4.69) is 0 Å². The molecule has 0 spiro atoms. The van der Waals surface area contributed by atoms with Gasteiger partial charge in [0.1, 0.15) is 11.6 Å². The highest BCUT2D eigenvalue weighted by atomic mass is 19.1. The first kappa shape index (κ1) is 8.31. The van der Waals surface area contributed by atoms with Gasteiger partial charge in [-0.15, -0.1) is 0 Å². The first-order valence-corrected chi connectivity index (χ1v) is 4.10. The predicted molar refractivity (Wildman–Crippen MR) is 47.6 cm³/mol. The predicted octanol–water partition coefficient (Wildman–Crippen LogP) is 1.06. The van der Waals surface area contributed by atoms with Gasteiger partial charge in [-0.05, 0) is 18.9 Å². The van der Waals surface area contributed by atoms with E-state index in [0.717, 1.165) is 18.9 Å². The molecule has 0 bridgehead atoms. The minimum atomic E-state index is -0.555. The summed E-state index contributed by atoms with van der Waals surface area (Å²) in [5, 5.41) is 9.53. The van der Waals surface area contributed by atoms with Crippen molar-refractivity contribution in [2.45, 2.75) is 18.4 Å². The quantitative estimate of drug-likeness (QED) is 0.449. The maximum absolute atomic E-state index is 12.9. The molecule has 1 aromatic carbocycles. The number of nitrogens with two attached hydrogens (primary N) is 2. The highest BCUT2D eigenvalue weighted by Gasteiger charge is 2.42. The molecule has 0 unspecified atom stereocenters. The molecule has 1 fully saturated rings. The number of anilines is 1. The van der Waals surface area contributed by atoms with Gasteiger partial charge in [-0.1, -0.05) is 0 Å². The van der Waals surface area contributed by atoms with E-state index in [1.807, 2.05) is 0 Å². The van der Waals surface area contributed by atoms with Crippen LogP contribution in [0.4, 0.5) is 10.1 Å². The molecule has 1 saturated carbocycles. The summed E-state index contributed by atoms with van der Waals surface area (Å²) < 4.78 is 12.9. The zero-order valence-electron chi connectivity index (χ0n) is 7.05. The Hall–Kier alpha value is -1.29. The molecular formula is C9H11FN2O. The number of hydrogen-bond donors (Lipinski definition) is 3. The Morgan fingerprint density at radius 2 is 2.00 bits per heavy atom. The molecule has 1 aliphatic rings. The highest BCUT2D eigenvalue weighted by Crippen LogP contribution is 2.47. The molecule has 4 heteroatoms. The van der Waals surface area contributed by atoms with Crippen molar-refractivity contribution < 1.29 is 9.50 Å². The minimum Gasteiger partial charge on any atom is -0.505 e.